The van der Waals surface area contributed by atoms with Crippen LogP contribution in [0.4, 0.5) is 5.69 Å². The van der Waals surface area contributed by atoms with Crippen LogP contribution in [0.15, 0.2) is 18.2 Å². The molecule has 1 saturated heterocycles. The van der Waals surface area contributed by atoms with E-state index in [1.165, 1.54) is 25.2 Å². The molecule has 0 aromatic heterocycles. The Morgan fingerprint density at radius 3 is 2.77 bits per heavy atom. The Kier molecular flexibility index (Phi) is 5.31. The van der Waals surface area contributed by atoms with E-state index in [0.717, 1.165) is 0 Å². The highest BCUT2D eigenvalue weighted by Crippen LogP contribution is 2.25. The Bertz CT molecular complexity index is 663. The van der Waals surface area contributed by atoms with Crippen molar-refractivity contribution in [2.45, 2.75) is 31.1 Å². The first-order valence-corrected chi connectivity index (χ1v) is 8.91. The molecular formula is C14H19ClN2O4S. The van der Waals surface area contributed by atoms with Gasteiger partial charge in [0.1, 0.15) is 0 Å². The molecule has 1 aliphatic rings. The van der Waals surface area contributed by atoms with E-state index >= 15 is 0 Å². The van der Waals surface area contributed by atoms with Gasteiger partial charge in [-0.2, -0.15) is 0 Å². The number of anilines is 1. The maximum absolute atomic E-state index is 12.4. The summed E-state index contributed by atoms with van der Waals surface area (Å²) < 4.78 is 32.8. The topological polar surface area (TPSA) is 84.5 Å². The highest BCUT2D eigenvalue weighted by molar-refractivity contribution is 7.93. The predicted molar refractivity (Wildman–Crippen MR) is 85.8 cm³/mol. The van der Waals surface area contributed by atoms with Crippen molar-refractivity contribution in [1.82, 2.24) is 5.32 Å². The fourth-order valence-electron chi connectivity index (χ4n) is 2.38. The Hall–Kier alpha value is -1.31. The van der Waals surface area contributed by atoms with E-state index < -0.39 is 15.3 Å². The lowest BCUT2D eigenvalue weighted by Gasteiger charge is -2.27. The number of carbonyl (C=O) groups is 1. The first-order valence-electron chi connectivity index (χ1n) is 6.98. The van der Waals surface area contributed by atoms with E-state index in [9.17, 15) is 13.2 Å². The van der Waals surface area contributed by atoms with Crippen molar-refractivity contribution in [3.8, 4) is 0 Å². The van der Waals surface area contributed by atoms with Crippen molar-refractivity contribution in [3.63, 3.8) is 0 Å². The summed E-state index contributed by atoms with van der Waals surface area (Å²) in [5.41, 5.74) is 0.548. The Labute approximate surface area is 135 Å². The molecule has 2 rings (SSSR count). The van der Waals surface area contributed by atoms with Crippen molar-refractivity contribution in [3.05, 3.63) is 28.8 Å². The van der Waals surface area contributed by atoms with Crippen LogP contribution in [0, 0.1) is 0 Å². The summed E-state index contributed by atoms with van der Waals surface area (Å²) in [6.07, 6.45) is 0.822. The molecule has 6 nitrogen and oxygen atoms in total. The number of sulfonamides is 1. The van der Waals surface area contributed by atoms with Gasteiger partial charge in [0.2, 0.25) is 10.0 Å². The summed E-state index contributed by atoms with van der Waals surface area (Å²) in [6.45, 7) is 2.28. The molecule has 1 aromatic carbocycles. The van der Waals surface area contributed by atoms with E-state index in [1.807, 2.05) is 6.92 Å². The molecule has 0 saturated carbocycles. The van der Waals surface area contributed by atoms with Gasteiger partial charge in [-0.05, 0) is 38.0 Å². The second kappa shape index (κ2) is 6.85. The minimum atomic E-state index is -3.54. The zero-order valence-corrected chi connectivity index (χ0v) is 14.0. The summed E-state index contributed by atoms with van der Waals surface area (Å²) in [5, 5.41) is 2.23. The van der Waals surface area contributed by atoms with Gasteiger partial charge in [0.15, 0.2) is 0 Å². The molecule has 0 aliphatic carbocycles. The lowest BCUT2D eigenvalue weighted by atomic mass is 10.1. The van der Waals surface area contributed by atoms with Crippen LogP contribution in [0.2, 0.25) is 5.02 Å². The average molecular weight is 347 g/mol. The van der Waals surface area contributed by atoms with Gasteiger partial charge in [0, 0.05) is 19.3 Å². The molecule has 2 atom stereocenters. The monoisotopic (exact) mass is 346 g/mol. The lowest BCUT2D eigenvalue weighted by molar-refractivity contribution is 0.0302. The summed E-state index contributed by atoms with van der Waals surface area (Å²) in [7, 11) is -2.05. The van der Waals surface area contributed by atoms with E-state index in [2.05, 4.69) is 10.0 Å². The van der Waals surface area contributed by atoms with Gasteiger partial charge in [-0.25, -0.2) is 8.42 Å². The normalized spacial score (nSPS) is 22.1. The molecular weight excluding hydrogens is 328 g/mol. The van der Waals surface area contributed by atoms with Gasteiger partial charge < -0.3 is 10.1 Å². The number of nitrogens with one attached hydrogen (secondary N) is 2. The fourth-order valence-corrected chi connectivity index (χ4v) is 4.14. The maximum Gasteiger partial charge on any atom is 0.252 e. The van der Waals surface area contributed by atoms with Crippen LogP contribution in [0.1, 0.15) is 30.1 Å². The zero-order valence-electron chi connectivity index (χ0n) is 12.4. The lowest BCUT2D eigenvalue weighted by Crippen LogP contribution is -2.36. The first kappa shape index (κ1) is 17.1. The van der Waals surface area contributed by atoms with Crippen molar-refractivity contribution >= 4 is 33.2 Å². The third-order valence-electron chi connectivity index (χ3n) is 3.57. The molecule has 1 heterocycles. The molecule has 8 heteroatoms. The fraction of sp³-hybridized carbons (Fsp3) is 0.500. The third kappa shape index (κ3) is 3.91. The van der Waals surface area contributed by atoms with Crippen molar-refractivity contribution in [2.75, 3.05) is 18.4 Å². The number of carbonyl (C=O) groups excluding carboxylic acids is 1. The molecule has 122 valence electrons. The van der Waals surface area contributed by atoms with Crippen LogP contribution in [-0.4, -0.2) is 39.3 Å². The second-order valence-electron chi connectivity index (χ2n) is 5.25. The van der Waals surface area contributed by atoms with E-state index in [1.54, 1.807) is 0 Å². The minimum absolute atomic E-state index is 0.0815. The van der Waals surface area contributed by atoms with Crippen molar-refractivity contribution < 1.29 is 17.9 Å². The summed E-state index contributed by atoms with van der Waals surface area (Å²) in [4.78, 5) is 11.7. The molecule has 22 heavy (non-hydrogen) atoms. The summed E-state index contributed by atoms with van der Waals surface area (Å²) in [5.74, 6) is -0.370. The van der Waals surface area contributed by atoms with Gasteiger partial charge in [-0.1, -0.05) is 11.6 Å². The molecule has 0 bridgehead atoms. The second-order valence-corrected chi connectivity index (χ2v) is 7.62. The molecule has 1 fully saturated rings. The first-order chi connectivity index (χ1) is 10.3. The molecule has 0 spiro atoms. The van der Waals surface area contributed by atoms with Crippen LogP contribution in [-0.2, 0) is 14.8 Å². The van der Waals surface area contributed by atoms with Crippen LogP contribution in [0.5, 0.6) is 0 Å². The summed E-state index contributed by atoms with van der Waals surface area (Å²) in [6, 6.07) is 4.47. The van der Waals surface area contributed by atoms with Gasteiger partial charge >= 0.3 is 0 Å². The number of rotatable bonds is 4. The van der Waals surface area contributed by atoms with Gasteiger partial charge in [0.05, 0.1) is 21.9 Å². The van der Waals surface area contributed by atoms with Gasteiger partial charge in [-0.3, -0.25) is 9.52 Å². The Morgan fingerprint density at radius 2 is 2.14 bits per heavy atom. The average Bonchev–Trinajstić information content (AvgIpc) is 2.48. The molecule has 1 aliphatic heterocycles. The minimum Gasteiger partial charge on any atom is -0.378 e. The van der Waals surface area contributed by atoms with Gasteiger partial charge in [-0.15, -0.1) is 0 Å². The Balaban J connectivity index is 2.20. The molecule has 2 N–H and O–H groups in total. The standard InChI is InChI=1S/C14H19ClN2O4S/c1-9-7-11(5-6-21-9)22(19,20)17-10-3-4-13(15)12(8-10)14(18)16-2/h3-4,8-9,11,17H,5-7H2,1-2H3,(H,16,18). The van der Waals surface area contributed by atoms with E-state index in [4.69, 9.17) is 16.3 Å². The molecule has 1 aromatic rings. The molecule has 0 radical (unpaired) electrons. The summed E-state index contributed by atoms with van der Waals surface area (Å²) >= 11 is 5.95. The zero-order chi connectivity index (χ0) is 16.3. The van der Waals surface area contributed by atoms with Crippen molar-refractivity contribution in [2.24, 2.45) is 0 Å². The number of hydrogen-bond acceptors (Lipinski definition) is 4. The quantitative estimate of drug-likeness (QED) is 0.873. The van der Waals surface area contributed by atoms with Crippen LogP contribution >= 0.6 is 11.6 Å². The number of benzene rings is 1. The largest absolute Gasteiger partial charge is 0.378 e. The highest BCUT2D eigenvalue weighted by Gasteiger charge is 2.30. The highest BCUT2D eigenvalue weighted by atomic mass is 35.5. The number of amides is 1. The number of ether oxygens (including phenoxy) is 1. The van der Waals surface area contributed by atoms with Gasteiger partial charge in [0.25, 0.3) is 5.91 Å². The van der Waals surface area contributed by atoms with Crippen LogP contribution in [0.25, 0.3) is 0 Å². The smallest absolute Gasteiger partial charge is 0.252 e. The van der Waals surface area contributed by atoms with Crippen LogP contribution < -0.4 is 10.0 Å². The maximum atomic E-state index is 12.4. The van der Waals surface area contributed by atoms with Crippen molar-refractivity contribution in [1.29, 1.82) is 0 Å². The van der Waals surface area contributed by atoms with E-state index in [-0.39, 0.29) is 22.6 Å². The SMILES string of the molecule is CNC(=O)c1cc(NS(=O)(=O)C2CCOC(C)C2)ccc1Cl. The molecule has 2 unspecified atom stereocenters. The number of hydrogen-bond donors (Lipinski definition) is 2. The predicted octanol–water partition coefficient (Wildman–Crippen LogP) is 2.01. The molecule has 1 amide bonds. The third-order valence-corrected chi connectivity index (χ3v) is 5.73. The van der Waals surface area contributed by atoms with E-state index in [0.29, 0.717) is 25.1 Å². The Morgan fingerprint density at radius 1 is 1.41 bits per heavy atom. The number of halogens is 1. The van der Waals surface area contributed by atoms with Crippen LogP contribution in [0.3, 0.4) is 0 Å².